The Bertz CT molecular complexity index is 557. The number of allylic oxidation sites excluding steroid dienone is 2. The minimum Gasteiger partial charge on any atom is -0.494 e. The molecule has 0 radical (unpaired) electrons. The number of ether oxygens (including phenoxy) is 1. The molecule has 0 amide bonds. The van der Waals surface area contributed by atoms with Crippen LogP contribution in [0.5, 0.6) is 5.75 Å². The van der Waals surface area contributed by atoms with Gasteiger partial charge in [0.15, 0.2) is 0 Å². The van der Waals surface area contributed by atoms with E-state index in [2.05, 4.69) is 36.2 Å². The van der Waals surface area contributed by atoms with Crippen LogP contribution < -0.4 is 4.74 Å². The molecule has 0 aliphatic rings. The van der Waals surface area contributed by atoms with E-state index < -0.39 is 0 Å². The number of nitrogens with zero attached hydrogens (tertiary/aromatic N) is 1. The van der Waals surface area contributed by atoms with E-state index in [-0.39, 0.29) is 0 Å². The first-order chi connectivity index (χ1) is 10.3. The normalized spacial score (nSPS) is 11.1. The number of hydrogen-bond acceptors (Lipinski definition) is 3. The lowest BCUT2D eigenvalue weighted by Crippen LogP contribution is -1.96. The molecule has 0 fully saturated rings. The van der Waals surface area contributed by atoms with Crippen LogP contribution in [0.25, 0.3) is 10.6 Å². The number of hydrogen-bond donors (Lipinski definition) is 0. The second-order valence-corrected chi connectivity index (χ2v) is 6.08. The molecule has 21 heavy (non-hydrogen) atoms. The maximum atomic E-state index is 5.74. The van der Waals surface area contributed by atoms with Gasteiger partial charge in [-0.05, 0) is 50.5 Å². The summed E-state index contributed by atoms with van der Waals surface area (Å²) in [6, 6.07) is 8.25. The summed E-state index contributed by atoms with van der Waals surface area (Å²) in [6.07, 6.45) is 10.7. The number of benzene rings is 1. The first-order valence-corrected chi connectivity index (χ1v) is 8.44. The Morgan fingerprint density at radius 1 is 1.24 bits per heavy atom. The first kappa shape index (κ1) is 15.8. The molecule has 0 N–H and O–H groups in total. The van der Waals surface area contributed by atoms with Gasteiger partial charge in [0, 0.05) is 16.6 Å². The standard InChI is InChI=1S/C18H23NOS/c1-3-5-6-7-13-20-16-11-9-15(10-12-16)18-19-14-17(21-18)8-4-2/h3,5,9-12,14H,4,6-8,13H2,1-2H3/b5-3+. The largest absolute Gasteiger partial charge is 0.494 e. The molecule has 1 aromatic heterocycles. The zero-order valence-electron chi connectivity index (χ0n) is 12.8. The molecule has 0 aliphatic heterocycles. The molecule has 0 atom stereocenters. The van der Waals surface area contributed by atoms with Crippen LogP contribution >= 0.6 is 11.3 Å². The molecule has 0 aliphatic carbocycles. The van der Waals surface area contributed by atoms with Gasteiger partial charge in [-0.2, -0.15) is 0 Å². The van der Waals surface area contributed by atoms with Crippen LogP contribution in [-0.2, 0) is 6.42 Å². The van der Waals surface area contributed by atoms with Crippen molar-refractivity contribution in [3.63, 3.8) is 0 Å². The number of aromatic nitrogens is 1. The van der Waals surface area contributed by atoms with E-state index >= 15 is 0 Å². The summed E-state index contributed by atoms with van der Waals surface area (Å²) < 4.78 is 5.74. The Morgan fingerprint density at radius 3 is 2.76 bits per heavy atom. The van der Waals surface area contributed by atoms with Crippen LogP contribution in [-0.4, -0.2) is 11.6 Å². The van der Waals surface area contributed by atoms with E-state index in [9.17, 15) is 0 Å². The third-order valence-electron chi connectivity index (χ3n) is 3.17. The van der Waals surface area contributed by atoms with Gasteiger partial charge in [0.25, 0.3) is 0 Å². The van der Waals surface area contributed by atoms with Gasteiger partial charge < -0.3 is 4.74 Å². The molecule has 0 saturated heterocycles. The highest BCUT2D eigenvalue weighted by Gasteiger charge is 2.04. The molecule has 1 aromatic carbocycles. The third-order valence-corrected chi connectivity index (χ3v) is 4.28. The van der Waals surface area contributed by atoms with Crippen molar-refractivity contribution in [1.29, 1.82) is 0 Å². The molecule has 2 aromatic rings. The molecule has 0 saturated carbocycles. The van der Waals surface area contributed by atoms with E-state index in [1.807, 2.05) is 25.3 Å². The van der Waals surface area contributed by atoms with E-state index in [0.29, 0.717) is 0 Å². The predicted octanol–water partition coefficient (Wildman–Crippen LogP) is 5.50. The van der Waals surface area contributed by atoms with Gasteiger partial charge >= 0.3 is 0 Å². The van der Waals surface area contributed by atoms with Gasteiger partial charge in [-0.15, -0.1) is 11.3 Å². The van der Waals surface area contributed by atoms with Gasteiger partial charge in [-0.1, -0.05) is 25.5 Å². The zero-order valence-corrected chi connectivity index (χ0v) is 13.7. The van der Waals surface area contributed by atoms with Crippen LogP contribution in [0.3, 0.4) is 0 Å². The summed E-state index contributed by atoms with van der Waals surface area (Å²) in [7, 11) is 0. The maximum Gasteiger partial charge on any atom is 0.123 e. The van der Waals surface area contributed by atoms with Crippen molar-refractivity contribution in [1.82, 2.24) is 4.98 Å². The van der Waals surface area contributed by atoms with E-state index in [1.54, 1.807) is 11.3 Å². The fraction of sp³-hybridized carbons (Fsp3) is 0.389. The van der Waals surface area contributed by atoms with Crippen LogP contribution in [0.4, 0.5) is 0 Å². The topological polar surface area (TPSA) is 22.1 Å². The fourth-order valence-corrected chi connectivity index (χ4v) is 3.07. The minimum atomic E-state index is 0.765. The van der Waals surface area contributed by atoms with Gasteiger partial charge in [-0.25, -0.2) is 4.98 Å². The Balaban J connectivity index is 1.88. The Labute approximate surface area is 131 Å². The summed E-state index contributed by atoms with van der Waals surface area (Å²) in [5.41, 5.74) is 1.17. The van der Waals surface area contributed by atoms with Crippen molar-refractivity contribution in [2.45, 2.75) is 39.5 Å². The molecule has 0 unspecified atom stereocenters. The third kappa shape index (κ3) is 5.01. The maximum absolute atomic E-state index is 5.74. The van der Waals surface area contributed by atoms with Crippen LogP contribution in [0.15, 0.2) is 42.6 Å². The smallest absolute Gasteiger partial charge is 0.123 e. The van der Waals surface area contributed by atoms with Gasteiger partial charge in [0.05, 0.1) is 6.61 Å². The highest BCUT2D eigenvalue weighted by Crippen LogP contribution is 2.27. The van der Waals surface area contributed by atoms with Crippen LogP contribution in [0.2, 0.25) is 0 Å². The predicted molar refractivity (Wildman–Crippen MR) is 91.1 cm³/mol. The average molecular weight is 301 g/mol. The Morgan fingerprint density at radius 2 is 2.05 bits per heavy atom. The monoisotopic (exact) mass is 301 g/mol. The lowest BCUT2D eigenvalue weighted by molar-refractivity contribution is 0.312. The van der Waals surface area contributed by atoms with Crippen molar-refractivity contribution < 1.29 is 4.74 Å². The quantitative estimate of drug-likeness (QED) is 0.474. The molecule has 0 spiro atoms. The van der Waals surface area contributed by atoms with Crippen molar-refractivity contribution >= 4 is 11.3 Å². The first-order valence-electron chi connectivity index (χ1n) is 7.62. The van der Waals surface area contributed by atoms with E-state index in [1.165, 1.54) is 16.9 Å². The highest BCUT2D eigenvalue weighted by molar-refractivity contribution is 7.15. The average Bonchev–Trinajstić information content (AvgIpc) is 2.97. The molecular formula is C18H23NOS. The Kier molecular flexibility index (Phi) is 6.48. The van der Waals surface area contributed by atoms with Gasteiger partial charge in [-0.3, -0.25) is 0 Å². The highest BCUT2D eigenvalue weighted by atomic mass is 32.1. The van der Waals surface area contributed by atoms with E-state index in [4.69, 9.17) is 4.74 Å². The second-order valence-electron chi connectivity index (χ2n) is 4.97. The summed E-state index contributed by atoms with van der Waals surface area (Å²) >= 11 is 1.78. The summed E-state index contributed by atoms with van der Waals surface area (Å²) in [5.74, 6) is 0.935. The summed E-state index contributed by atoms with van der Waals surface area (Å²) in [6.45, 7) is 5.01. The zero-order chi connectivity index (χ0) is 14.9. The number of unbranched alkanes of at least 4 members (excludes halogenated alkanes) is 1. The van der Waals surface area contributed by atoms with Crippen molar-refractivity contribution in [3.05, 3.63) is 47.5 Å². The number of rotatable bonds is 8. The molecule has 112 valence electrons. The molecule has 3 heteroatoms. The van der Waals surface area contributed by atoms with Crippen LogP contribution in [0, 0.1) is 0 Å². The molecule has 0 bridgehead atoms. The molecular weight excluding hydrogens is 278 g/mol. The van der Waals surface area contributed by atoms with E-state index in [0.717, 1.165) is 36.6 Å². The fourth-order valence-electron chi connectivity index (χ4n) is 2.05. The summed E-state index contributed by atoms with van der Waals surface area (Å²) in [5, 5.41) is 1.10. The molecule has 2 nitrogen and oxygen atoms in total. The minimum absolute atomic E-state index is 0.765. The summed E-state index contributed by atoms with van der Waals surface area (Å²) in [4.78, 5) is 5.86. The second kappa shape index (κ2) is 8.63. The van der Waals surface area contributed by atoms with Crippen LogP contribution in [0.1, 0.15) is 38.0 Å². The van der Waals surface area contributed by atoms with Gasteiger partial charge in [0.2, 0.25) is 0 Å². The molecule has 2 rings (SSSR count). The SMILES string of the molecule is C/C=C/CCCOc1ccc(-c2ncc(CCC)s2)cc1. The van der Waals surface area contributed by atoms with Gasteiger partial charge in [0.1, 0.15) is 10.8 Å². The molecule has 1 heterocycles. The Hall–Kier alpha value is -1.61. The van der Waals surface area contributed by atoms with Crippen molar-refractivity contribution in [2.24, 2.45) is 0 Å². The lowest BCUT2D eigenvalue weighted by atomic mass is 10.2. The number of thiazole rings is 1. The lowest BCUT2D eigenvalue weighted by Gasteiger charge is -2.05. The number of aryl methyl sites for hydroxylation is 1. The van der Waals surface area contributed by atoms with Crippen molar-refractivity contribution in [3.8, 4) is 16.3 Å². The van der Waals surface area contributed by atoms with Crippen molar-refractivity contribution in [2.75, 3.05) is 6.61 Å².